The molecule has 2 amide bonds. The number of pyridine rings is 1. The molecule has 1 atom stereocenters. The molecule has 4 heterocycles. The van der Waals surface area contributed by atoms with Crippen LogP contribution in [-0.2, 0) is 23.2 Å². The number of hydrogen-bond donors (Lipinski definition) is 2. The highest BCUT2D eigenvalue weighted by atomic mass is 19.4. The summed E-state index contributed by atoms with van der Waals surface area (Å²) in [5.41, 5.74) is 2.93. The summed E-state index contributed by atoms with van der Waals surface area (Å²) in [4.78, 5) is 40.7. The van der Waals surface area contributed by atoms with Crippen molar-refractivity contribution in [3.63, 3.8) is 0 Å². The summed E-state index contributed by atoms with van der Waals surface area (Å²) >= 11 is 0. The van der Waals surface area contributed by atoms with Crippen molar-refractivity contribution in [3.05, 3.63) is 88.6 Å². The number of amides is 2. The van der Waals surface area contributed by atoms with Crippen molar-refractivity contribution >= 4 is 34.0 Å². The number of aromatic nitrogens is 1. The zero-order chi connectivity index (χ0) is 38.0. The second-order valence-electron chi connectivity index (χ2n) is 14.9. The Hall–Kier alpha value is -4.91. The van der Waals surface area contributed by atoms with E-state index in [9.17, 15) is 31.9 Å². The molecule has 0 spiro atoms. The van der Waals surface area contributed by atoms with Gasteiger partial charge in [-0.15, -0.1) is 13.2 Å². The van der Waals surface area contributed by atoms with E-state index in [2.05, 4.69) is 37.3 Å². The Morgan fingerprint density at radius 2 is 1.52 bits per heavy atom. The molecule has 3 fully saturated rings. The first kappa shape index (κ1) is 37.4. The fraction of sp³-hybridized carbons (Fsp3) is 0.439. The molecular formula is C41H45F4N5O4. The van der Waals surface area contributed by atoms with E-state index in [1.807, 2.05) is 12.1 Å². The van der Waals surface area contributed by atoms with Gasteiger partial charge in [-0.2, -0.15) is 0 Å². The third kappa shape index (κ3) is 8.89. The molecule has 3 aromatic carbocycles. The Balaban J connectivity index is 0.898. The van der Waals surface area contributed by atoms with Gasteiger partial charge in [-0.3, -0.25) is 24.6 Å². The number of fused-ring (bicyclic) bond motifs is 1. The highest BCUT2D eigenvalue weighted by Crippen LogP contribution is 2.36. The number of aryl methyl sites for hydroxylation is 1. The molecule has 7 rings (SSSR count). The van der Waals surface area contributed by atoms with E-state index in [0.29, 0.717) is 53.3 Å². The fourth-order valence-electron chi connectivity index (χ4n) is 8.17. The number of nitrogens with zero attached hydrogens (tertiary/aromatic N) is 3. The number of alkyl halides is 3. The van der Waals surface area contributed by atoms with E-state index in [0.717, 1.165) is 69.7 Å². The first-order valence-electron chi connectivity index (χ1n) is 18.7. The van der Waals surface area contributed by atoms with Gasteiger partial charge in [0.1, 0.15) is 17.6 Å². The summed E-state index contributed by atoms with van der Waals surface area (Å²) in [5, 5.41) is 6.20. The molecule has 4 aromatic rings. The van der Waals surface area contributed by atoms with Gasteiger partial charge < -0.3 is 19.5 Å². The molecule has 2 N–H and O–H groups in total. The van der Waals surface area contributed by atoms with E-state index >= 15 is 0 Å². The number of benzene rings is 3. The van der Waals surface area contributed by atoms with E-state index in [1.54, 1.807) is 19.2 Å². The minimum absolute atomic E-state index is 0.228. The second-order valence-corrected chi connectivity index (χ2v) is 14.9. The molecule has 3 saturated heterocycles. The smallest absolute Gasteiger partial charge is 0.405 e. The third-order valence-electron chi connectivity index (χ3n) is 11.3. The van der Waals surface area contributed by atoms with Gasteiger partial charge in [0, 0.05) is 67.2 Å². The van der Waals surface area contributed by atoms with Crippen LogP contribution >= 0.6 is 0 Å². The van der Waals surface area contributed by atoms with Gasteiger partial charge in [0.15, 0.2) is 0 Å². The van der Waals surface area contributed by atoms with Gasteiger partial charge in [-0.25, -0.2) is 4.39 Å². The zero-order valence-electron chi connectivity index (χ0n) is 30.3. The minimum atomic E-state index is -4.89. The van der Waals surface area contributed by atoms with Crippen LogP contribution in [0.3, 0.4) is 0 Å². The first-order chi connectivity index (χ1) is 25.9. The molecule has 1 unspecified atom stereocenters. The second kappa shape index (κ2) is 15.8. The summed E-state index contributed by atoms with van der Waals surface area (Å²) in [6.45, 7) is 3.86. The average Bonchev–Trinajstić information content (AvgIpc) is 3.14. The van der Waals surface area contributed by atoms with Gasteiger partial charge >= 0.3 is 6.36 Å². The minimum Gasteiger partial charge on any atom is -0.405 e. The van der Waals surface area contributed by atoms with Crippen molar-refractivity contribution in [2.75, 3.05) is 36.4 Å². The summed E-state index contributed by atoms with van der Waals surface area (Å²) in [6, 6.07) is 16.2. The quantitative estimate of drug-likeness (QED) is 0.129. The van der Waals surface area contributed by atoms with E-state index < -0.39 is 18.2 Å². The molecule has 0 radical (unpaired) electrons. The van der Waals surface area contributed by atoms with E-state index in [1.165, 1.54) is 41.5 Å². The Morgan fingerprint density at radius 1 is 0.833 bits per heavy atom. The predicted octanol–water partition coefficient (Wildman–Crippen LogP) is 7.37. The van der Waals surface area contributed by atoms with Crippen LogP contribution in [0.25, 0.3) is 21.9 Å². The monoisotopic (exact) mass is 747 g/mol. The standard InChI is InChI=1S/C41H45F4N5O4/c1-48-25-35(34-23-30(42)6-11-33(34)40(48)53)28-4-5-29(37(22-28)54-41(43,44)45)24-49-18-14-26(15-19-49)2-3-27-16-20-50(21-17-27)32-9-7-31(8-10-32)46-36-12-13-38(51)47-39(36)52/h4-11,22-23,25-27,36,46H,2-3,12-21,24H2,1H3,(H,47,51,52). The van der Waals surface area contributed by atoms with Crippen LogP contribution in [0.5, 0.6) is 5.75 Å². The highest BCUT2D eigenvalue weighted by molar-refractivity contribution is 6.01. The number of halogens is 4. The maximum absolute atomic E-state index is 14.2. The maximum Gasteiger partial charge on any atom is 0.573 e. The summed E-state index contributed by atoms with van der Waals surface area (Å²) in [6.07, 6.45) is 3.97. The third-order valence-corrected chi connectivity index (χ3v) is 11.3. The van der Waals surface area contributed by atoms with Crippen LogP contribution < -0.4 is 25.8 Å². The lowest BCUT2D eigenvalue weighted by molar-refractivity contribution is -0.275. The van der Waals surface area contributed by atoms with Gasteiger partial charge in [0.25, 0.3) is 5.56 Å². The molecule has 1 aromatic heterocycles. The Kier molecular flexibility index (Phi) is 11.0. The van der Waals surface area contributed by atoms with Crippen LogP contribution in [0.2, 0.25) is 0 Å². The lowest BCUT2D eigenvalue weighted by Gasteiger charge is -2.36. The van der Waals surface area contributed by atoms with E-state index in [4.69, 9.17) is 0 Å². The number of imide groups is 1. The summed E-state index contributed by atoms with van der Waals surface area (Å²) < 4.78 is 60.9. The Bertz CT molecular complexity index is 2050. The average molecular weight is 748 g/mol. The maximum atomic E-state index is 14.2. The number of hydrogen-bond acceptors (Lipinski definition) is 7. The van der Waals surface area contributed by atoms with Crippen LogP contribution in [0.1, 0.15) is 56.9 Å². The van der Waals surface area contributed by atoms with Gasteiger partial charge in [-0.1, -0.05) is 25.0 Å². The van der Waals surface area contributed by atoms with Crippen molar-refractivity contribution in [2.24, 2.45) is 18.9 Å². The number of likely N-dealkylation sites (tertiary alicyclic amines) is 1. The largest absolute Gasteiger partial charge is 0.573 e. The van der Waals surface area contributed by atoms with Crippen molar-refractivity contribution in [1.82, 2.24) is 14.8 Å². The molecule has 286 valence electrons. The lowest BCUT2D eigenvalue weighted by atomic mass is 9.85. The van der Waals surface area contributed by atoms with Gasteiger partial charge in [-0.05, 0) is 117 Å². The summed E-state index contributed by atoms with van der Waals surface area (Å²) in [5.74, 6) is -0.116. The van der Waals surface area contributed by atoms with Crippen molar-refractivity contribution < 1.29 is 31.9 Å². The SMILES string of the molecule is Cn1cc(-c2ccc(CN3CCC(CCC4CCN(c5ccc(NC6CCC(=O)NC6=O)cc5)CC4)CC3)c(OC(F)(F)F)c2)c2cc(F)ccc2c1=O. The Labute approximate surface area is 311 Å². The van der Waals surface area contributed by atoms with Crippen molar-refractivity contribution in [3.8, 4) is 16.9 Å². The van der Waals surface area contributed by atoms with Crippen molar-refractivity contribution in [2.45, 2.75) is 70.3 Å². The molecule has 3 aliphatic heterocycles. The molecule has 13 heteroatoms. The molecule has 0 saturated carbocycles. The van der Waals surface area contributed by atoms with Crippen LogP contribution in [0.4, 0.5) is 28.9 Å². The first-order valence-corrected chi connectivity index (χ1v) is 18.7. The van der Waals surface area contributed by atoms with Crippen LogP contribution in [0, 0.1) is 17.7 Å². The lowest BCUT2D eigenvalue weighted by Crippen LogP contribution is -2.47. The summed E-state index contributed by atoms with van der Waals surface area (Å²) in [7, 11) is 1.55. The predicted molar refractivity (Wildman–Crippen MR) is 200 cm³/mol. The number of rotatable bonds is 10. The number of nitrogens with one attached hydrogen (secondary N) is 2. The number of piperidine rings is 3. The normalized spacial score (nSPS) is 19.3. The number of carbonyl (C=O) groups is 2. The van der Waals surface area contributed by atoms with Crippen LogP contribution in [0.15, 0.2) is 71.7 Å². The molecule has 0 aliphatic carbocycles. The molecule has 54 heavy (non-hydrogen) atoms. The topological polar surface area (TPSA) is 95.9 Å². The molecule has 9 nitrogen and oxygen atoms in total. The fourth-order valence-corrected chi connectivity index (χ4v) is 8.17. The number of carbonyl (C=O) groups excluding carboxylic acids is 2. The Morgan fingerprint density at radius 3 is 2.19 bits per heavy atom. The molecular weight excluding hydrogens is 702 g/mol. The molecule has 3 aliphatic rings. The number of anilines is 2. The molecule has 0 bridgehead atoms. The van der Waals surface area contributed by atoms with E-state index in [-0.39, 0.29) is 28.5 Å². The van der Waals surface area contributed by atoms with Gasteiger partial charge in [0.05, 0.1) is 0 Å². The van der Waals surface area contributed by atoms with Crippen LogP contribution in [-0.4, -0.2) is 59.9 Å². The van der Waals surface area contributed by atoms with Crippen molar-refractivity contribution in [1.29, 1.82) is 0 Å². The zero-order valence-corrected chi connectivity index (χ0v) is 30.3. The number of ether oxygens (including phenoxy) is 1. The highest BCUT2D eigenvalue weighted by Gasteiger charge is 2.33. The van der Waals surface area contributed by atoms with Gasteiger partial charge in [0.2, 0.25) is 11.8 Å².